The zero-order valence-corrected chi connectivity index (χ0v) is 18.6. The summed E-state index contributed by atoms with van der Waals surface area (Å²) >= 11 is 0. The third-order valence-electron chi connectivity index (χ3n) is 5.27. The first-order valence-electron chi connectivity index (χ1n) is 10.6. The van der Waals surface area contributed by atoms with E-state index in [-0.39, 0.29) is 35.4 Å². The first kappa shape index (κ1) is 23.4. The van der Waals surface area contributed by atoms with Crippen molar-refractivity contribution in [1.29, 1.82) is 0 Å². The molecule has 0 saturated heterocycles. The molecule has 2 amide bonds. The van der Waals surface area contributed by atoms with Crippen LogP contribution < -0.4 is 20.1 Å². The molecule has 2 aromatic heterocycles. The van der Waals surface area contributed by atoms with Crippen LogP contribution in [0.5, 0.6) is 11.5 Å². The average Bonchev–Trinajstić information content (AvgIpc) is 3.52. The van der Waals surface area contributed by atoms with E-state index in [9.17, 15) is 18.4 Å². The van der Waals surface area contributed by atoms with Gasteiger partial charge in [0.2, 0.25) is 5.91 Å². The standard InChI is InChI=1S/C23H24F2N4O5/c1-32-8-6-20(30)27-15-5-7-29-16(12-26-19(29)11-15)13-9-17(33-2)21(18(10-13)34-23(24)25)22(31)28-14-3-4-14/h5,7,9-12,14,23H,3-4,6,8H2,1-2H3,(H,27,30)(H,28,31). The van der Waals surface area contributed by atoms with Crippen molar-refractivity contribution >= 4 is 23.1 Å². The summed E-state index contributed by atoms with van der Waals surface area (Å²) in [7, 11) is 2.87. The number of hydrogen-bond acceptors (Lipinski definition) is 6. The lowest BCUT2D eigenvalue weighted by Gasteiger charge is -2.16. The van der Waals surface area contributed by atoms with Crippen LogP contribution in [0.25, 0.3) is 16.9 Å². The highest BCUT2D eigenvalue weighted by molar-refractivity contribution is 6.01. The smallest absolute Gasteiger partial charge is 0.387 e. The highest BCUT2D eigenvalue weighted by Crippen LogP contribution is 2.37. The van der Waals surface area contributed by atoms with Crippen LogP contribution in [0, 0.1) is 0 Å². The van der Waals surface area contributed by atoms with Crippen molar-refractivity contribution in [3.63, 3.8) is 0 Å². The number of benzene rings is 1. The van der Waals surface area contributed by atoms with Crippen LogP contribution in [-0.2, 0) is 9.53 Å². The number of imidazole rings is 1. The van der Waals surface area contributed by atoms with Gasteiger partial charge in [-0.05, 0) is 31.0 Å². The van der Waals surface area contributed by atoms with Crippen molar-refractivity contribution in [3.05, 3.63) is 42.2 Å². The van der Waals surface area contributed by atoms with Gasteiger partial charge >= 0.3 is 6.61 Å². The van der Waals surface area contributed by atoms with Crippen LogP contribution in [0.15, 0.2) is 36.7 Å². The van der Waals surface area contributed by atoms with Gasteiger partial charge in [-0.15, -0.1) is 0 Å². The fourth-order valence-corrected chi connectivity index (χ4v) is 3.49. The number of nitrogens with one attached hydrogen (secondary N) is 2. The molecule has 1 aromatic carbocycles. The molecule has 1 fully saturated rings. The Labute approximate surface area is 194 Å². The van der Waals surface area contributed by atoms with E-state index in [1.807, 2.05) is 0 Å². The zero-order valence-electron chi connectivity index (χ0n) is 18.6. The number of nitrogens with zero attached hydrogens (tertiary/aromatic N) is 2. The molecule has 0 aliphatic heterocycles. The van der Waals surface area contributed by atoms with E-state index in [1.165, 1.54) is 20.3 Å². The molecule has 180 valence electrons. The van der Waals surface area contributed by atoms with Crippen molar-refractivity contribution in [3.8, 4) is 22.8 Å². The maximum atomic E-state index is 13.2. The molecule has 0 atom stereocenters. The molecule has 1 saturated carbocycles. The van der Waals surface area contributed by atoms with E-state index in [0.717, 1.165) is 12.8 Å². The topological polar surface area (TPSA) is 103 Å². The Morgan fingerprint density at radius 3 is 2.65 bits per heavy atom. The number of fused-ring (bicyclic) bond motifs is 1. The Balaban J connectivity index is 1.69. The van der Waals surface area contributed by atoms with Crippen molar-refractivity contribution in [2.45, 2.75) is 31.9 Å². The van der Waals surface area contributed by atoms with Gasteiger partial charge in [0.15, 0.2) is 0 Å². The largest absolute Gasteiger partial charge is 0.496 e. The van der Waals surface area contributed by atoms with Gasteiger partial charge in [-0.25, -0.2) is 4.98 Å². The number of halogens is 2. The van der Waals surface area contributed by atoms with Crippen molar-refractivity contribution in [2.24, 2.45) is 0 Å². The second-order valence-corrected chi connectivity index (χ2v) is 7.76. The summed E-state index contributed by atoms with van der Waals surface area (Å²) in [5.41, 5.74) is 1.99. The summed E-state index contributed by atoms with van der Waals surface area (Å²) in [4.78, 5) is 29.0. The quantitative estimate of drug-likeness (QED) is 0.466. The van der Waals surface area contributed by atoms with E-state index >= 15 is 0 Å². The zero-order chi connectivity index (χ0) is 24.2. The Hall–Kier alpha value is -3.73. The molecule has 0 spiro atoms. The van der Waals surface area contributed by atoms with Crippen LogP contribution in [-0.4, -0.2) is 54.7 Å². The molecule has 11 heteroatoms. The molecule has 34 heavy (non-hydrogen) atoms. The molecule has 2 N–H and O–H groups in total. The molecule has 1 aliphatic rings. The second kappa shape index (κ2) is 10.0. The Morgan fingerprint density at radius 2 is 1.97 bits per heavy atom. The number of alkyl halides is 2. The van der Waals surface area contributed by atoms with E-state index in [2.05, 4.69) is 15.6 Å². The number of carbonyl (C=O) groups is 2. The van der Waals surface area contributed by atoms with Crippen molar-refractivity contribution in [2.75, 3.05) is 26.1 Å². The number of methoxy groups -OCH3 is 2. The highest BCUT2D eigenvalue weighted by Gasteiger charge is 2.29. The van der Waals surface area contributed by atoms with Gasteiger partial charge in [-0.3, -0.25) is 14.0 Å². The predicted molar refractivity (Wildman–Crippen MR) is 119 cm³/mol. The molecule has 3 aromatic rings. The number of ether oxygens (including phenoxy) is 3. The number of amides is 2. The minimum absolute atomic E-state index is 0.0271. The monoisotopic (exact) mass is 474 g/mol. The van der Waals surface area contributed by atoms with Crippen molar-refractivity contribution < 1.29 is 32.6 Å². The lowest BCUT2D eigenvalue weighted by Crippen LogP contribution is -2.26. The number of pyridine rings is 1. The molecular formula is C23H24F2N4O5. The summed E-state index contributed by atoms with van der Waals surface area (Å²) in [6.45, 7) is -2.82. The minimum Gasteiger partial charge on any atom is -0.496 e. The molecule has 9 nitrogen and oxygen atoms in total. The number of anilines is 1. The highest BCUT2D eigenvalue weighted by atomic mass is 19.3. The van der Waals surface area contributed by atoms with Crippen molar-refractivity contribution in [1.82, 2.24) is 14.7 Å². The second-order valence-electron chi connectivity index (χ2n) is 7.76. The maximum absolute atomic E-state index is 13.2. The number of carbonyl (C=O) groups excluding carboxylic acids is 2. The SMILES string of the molecule is COCCC(=O)Nc1ccn2c(-c3cc(OC)c(C(=O)NC4CC4)c(OC(F)F)c3)cnc2c1. The van der Waals surface area contributed by atoms with Crippen LogP contribution in [0.3, 0.4) is 0 Å². The minimum atomic E-state index is -3.13. The van der Waals surface area contributed by atoms with Crippen LogP contribution in [0.2, 0.25) is 0 Å². The molecule has 1 aliphatic carbocycles. The first-order valence-corrected chi connectivity index (χ1v) is 10.6. The van der Waals surface area contributed by atoms with E-state index in [0.29, 0.717) is 29.2 Å². The molecule has 0 bridgehead atoms. The van der Waals surface area contributed by atoms with Gasteiger partial charge in [-0.2, -0.15) is 8.78 Å². The maximum Gasteiger partial charge on any atom is 0.387 e. The molecule has 0 radical (unpaired) electrons. The Bertz CT molecular complexity index is 1210. The van der Waals surface area contributed by atoms with Gasteiger partial charge in [0.05, 0.1) is 32.0 Å². The summed E-state index contributed by atoms with van der Waals surface area (Å²) in [6.07, 6.45) is 5.14. The van der Waals surface area contributed by atoms with E-state index in [4.69, 9.17) is 14.2 Å². The normalized spacial score (nSPS) is 13.2. The van der Waals surface area contributed by atoms with Crippen LogP contribution in [0.4, 0.5) is 14.5 Å². The number of aromatic nitrogens is 2. The lowest BCUT2D eigenvalue weighted by molar-refractivity contribution is -0.117. The Morgan fingerprint density at radius 1 is 1.21 bits per heavy atom. The van der Waals surface area contributed by atoms with Gasteiger partial charge < -0.3 is 24.8 Å². The van der Waals surface area contributed by atoms with Crippen LogP contribution in [0.1, 0.15) is 29.6 Å². The lowest BCUT2D eigenvalue weighted by atomic mass is 10.1. The third-order valence-corrected chi connectivity index (χ3v) is 5.27. The molecular weight excluding hydrogens is 450 g/mol. The summed E-state index contributed by atoms with van der Waals surface area (Å²) in [5, 5.41) is 5.54. The van der Waals surface area contributed by atoms with Gasteiger partial charge in [-0.1, -0.05) is 0 Å². The molecule has 2 heterocycles. The third kappa shape index (κ3) is 5.25. The predicted octanol–water partition coefficient (Wildman–Crippen LogP) is 3.48. The van der Waals surface area contributed by atoms with Gasteiger partial charge in [0.1, 0.15) is 22.7 Å². The summed E-state index contributed by atoms with van der Waals surface area (Å²) in [6, 6.07) is 6.33. The summed E-state index contributed by atoms with van der Waals surface area (Å²) in [5.74, 6) is -0.923. The van der Waals surface area contributed by atoms with Gasteiger partial charge in [0, 0.05) is 36.7 Å². The molecule has 0 unspecified atom stereocenters. The number of rotatable bonds is 10. The Kier molecular flexibility index (Phi) is 6.92. The summed E-state index contributed by atoms with van der Waals surface area (Å²) < 4.78 is 43.0. The number of hydrogen-bond donors (Lipinski definition) is 2. The van der Waals surface area contributed by atoms with Gasteiger partial charge in [0.25, 0.3) is 5.91 Å². The fraction of sp³-hybridized carbons (Fsp3) is 0.348. The van der Waals surface area contributed by atoms with E-state index < -0.39 is 12.5 Å². The first-order chi connectivity index (χ1) is 16.4. The van der Waals surface area contributed by atoms with Crippen LogP contribution >= 0.6 is 0 Å². The van der Waals surface area contributed by atoms with E-state index in [1.54, 1.807) is 35.0 Å². The fourth-order valence-electron chi connectivity index (χ4n) is 3.49. The molecule has 4 rings (SSSR count). The average molecular weight is 474 g/mol.